The SMILES string of the molecule is CC(=O)OC[C@H]1O[C@@H](OC[C@H]2O[C@@H](OC[C@H]3O[C@H](O)[C@H](OCc4ccccc4)[C@@H](OCc4ccccc4)[C@@H]3OCc3ccccc3)[C@H](OC(C)=O)[C@@H](OC(C)=O)[C@@H]2OC(C)=O)[C@H](OC(C)=O)[C@@H](OC(C)=O)[C@@H]1OC(C)=O. The molecule has 23 nitrogen and oxygen atoms in total. The molecule has 0 bridgehead atoms. The maximum Gasteiger partial charge on any atom is 0.303 e. The fourth-order valence-electron chi connectivity index (χ4n) is 8.72. The minimum Gasteiger partial charge on any atom is -0.463 e. The zero-order valence-electron chi connectivity index (χ0n) is 43.0. The zero-order valence-corrected chi connectivity index (χ0v) is 43.0. The monoisotopic (exact) mass is 1070 g/mol. The molecule has 3 saturated heterocycles. The highest BCUT2D eigenvalue weighted by Gasteiger charge is 2.56. The zero-order chi connectivity index (χ0) is 54.9. The Morgan fingerprint density at radius 1 is 0.355 bits per heavy atom. The first-order chi connectivity index (χ1) is 36.4. The van der Waals surface area contributed by atoms with Gasteiger partial charge in [-0.2, -0.15) is 0 Å². The number of aliphatic hydroxyl groups excluding tert-OH is 1. The lowest BCUT2D eigenvalue weighted by Gasteiger charge is -2.47. The van der Waals surface area contributed by atoms with E-state index in [2.05, 4.69) is 0 Å². The van der Waals surface area contributed by atoms with Crippen LogP contribution in [0.25, 0.3) is 0 Å². The van der Waals surface area contributed by atoms with Gasteiger partial charge in [-0.25, -0.2) is 0 Å². The molecule has 3 heterocycles. The van der Waals surface area contributed by atoms with Crippen LogP contribution in [0.5, 0.6) is 0 Å². The van der Waals surface area contributed by atoms with Gasteiger partial charge in [0.1, 0.15) is 43.2 Å². The highest BCUT2D eigenvalue weighted by atomic mass is 16.8. The Kier molecular flexibility index (Phi) is 22.2. The van der Waals surface area contributed by atoms with Crippen molar-refractivity contribution in [1.82, 2.24) is 0 Å². The summed E-state index contributed by atoms with van der Waals surface area (Å²) >= 11 is 0. The van der Waals surface area contributed by atoms with Gasteiger partial charge in [0, 0.05) is 48.5 Å². The maximum absolute atomic E-state index is 12.9. The second-order valence-corrected chi connectivity index (χ2v) is 17.8. The molecular formula is C53H64O23. The Morgan fingerprint density at radius 3 is 1.04 bits per heavy atom. The molecule has 3 aromatic rings. The number of rotatable bonds is 23. The quantitative estimate of drug-likeness (QED) is 0.105. The van der Waals surface area contributed by atoms with Crippen molar-refractivity contribution in [2.24, 2.45) is 0 Å². The summed E-state index contributed by atoms with van der Waals surface area (Å²) in [5.74, 6) is -6.14. The molecule has 0 unspecified atom stereocenters. The normalized spacial score (nSPS) is 29.2. The Hall–Kier alpha value is -6.41. The standard InChI is InChI=1S/C53H64O23/c1-29(54)62-26-40-43(68-30(2)55)46(70-32(4)57)49(72-34(6)59)53(75-40)67-28-41-44(69-31(3)56)47(71-33(5)58)50(73-35(7)60)52(76-41)66-27-39-42(63-23-36-17-11-8-12-18-36)45(64-24-37-19-13-9-14-20-37)48(51(61)74-39)65-25-38-21-15-10-16-22-38/h8-22,39-53,61H,23-28H2,1-7H3/t39-,40-,41-,42-,43-,44-,45+,46+,47+,48-,49-,50-,51+,52-,53-/m1/s1. The third kappa shape index (κ3) is 17.3. The van der Waals surface area contributed by atoms with Crippen LogP contribution >= 0.6 is 0 Å². The molecule has 0 saturated carbocycles. The van der Waals surface area contributed by atoms with Crippen molar-refractivity contribution in [3.8, 4) is 0 Å². The largest absolute Gasteiger partial charge is 0.463 e. The van der Waals surface area contributed by atoms with Crippen LogP contribution in [-0.4, -0.2) is 159 Å². The molecule has 3 fully saturated rings. The summed E-state index contributed by atoms with van der Waals surface area (Å²) in [5.41, 5.74) is 2.38. The maximum atomic E-state index is 12.9. The lowest BCUT2D eigenvalue weighted by atomic mass is 9.96. The van der Waals surface area contributed by atoms with Gasteiger partial charge in [0.15, 0.2) is 55.5 Å². The van der Waals surface area contributed by atoms with E-state index in [0.29, 0.717) is 0 Å². The van der Waals surface area contributed by atoms with Crippen LogP contribution in [0.3, 0.4) is 0 Å². The molecule has 1 N–H and O–H groups in total. The smallest absolute Gasteiger partial charge is 0.303 e. The Balaban J connectivity index is 1.35. The Morgan fingerprint density at radius 2 is 0.671 bits per heavy atom. The molecule has 414 valence electrons. The predicted molar refractivity (Wildman–Crippen MR) is 255 cm³/mol. The summed E-state index contributed by atoms with van der Waals surface area (Å²) in [6, 6.07) is 27.8. The second-order valence-electron chi connectivity index (χ2n) is 17.8. The van der Waals surface area contributed by atoms with Gasteiger partial charge in [0.2, 0.25) is 0 Å². The number of aliphatic hydroxyl groups is 1. The number of ether oxygens (including phenoxy) is 15. The minimum absolute atomic E-state index is 0.0331. The summed E-state index contributed by atoms with van der Waals surface area (Å²) in [4.78, 5) is 88.0. The van der Waals surface area contributed by atoms with Crippen molar-refractivity contribution < 1.29 is 110 Å². The van der Waals surface area contributed by atoms with Crippen LogP contribution in [0.1, 0.15) is 65.2 Å². The fourth-order valence-corrected chi connectivity index (χ4v) is 8.72. The van der Waals surface area contributed by atoms with E-state index in [-0.39, 0.29) is 19.8 Å². The summed E-state index contributed by atoms with van der Waals surface area (Å²) in [5, 5.41) is 11.8. The van der Waals surface area contributed by atoms with E-state index in [1.165, 1.54) is 0 Å². The van der Waals surface area contributed by atoms with Crippen molar-refractivity contribution >= 4 is 41.8 Å². The molecule has 15 atom stereocenters. The molecule has 0 amide bonds. The lowest BCUT2D eigenvalue weighted by molar-refractivity contribution is -0.347. The number of carbonyl (C=O) groups is 7. The van der Waals surface area contributed by atoms with Crippen LogP contribution in [0, 0.1) is 0 Å². The molecule has 6 rings (SSSR count). The molecule has 76 heavy (non-hydrogen) atoms. The van der Waals surface area contributed by atoms with E-state index >= 15 is 0 Å². The first-order valence-corrected chi connectivity index (χ1v) is 24.4. The van der Waals surface area contributed by atoms with Gasteiger partial charge >= 0.3 is 41.8 Å². The average Bonchev–Trinajstić information content (AvgIpc) is 3.36. The van der Waals surface area contributed by atoms with E-state index in [4.69, 9.17) is 71.1 Å². The highest BCUT2D eigenvalue weighted by molar-refractivity contribution is 5.69. The van der Waals surface area contributed by atoms with Gasteiger partial charge in [0.25, 0.3) is 0 Å². The van der Waals surface area contributed by atoms with Crippen LogP contribution in [-0.2, 0) is 124 Å². The van der Waals surface area contributed by atoms with E-state index in [1.807, 2.05) is 91.0 Å². The molecule has 3 aliphatic rings. The van der Waals surface area contributed by atoms with Crippen molar-refractivity contribution in [2.75, 3.05) is 19.8 Å². The molecule has 0 aromatic heterocycles. The van der Waals surface area contributed by atoms with Gasteiger partial charge < -0.3 is 76.2 Å². The van der Waals surface area contributed by atoms with Crippen molar-refractivity contribution in [2.45, 2.75) is 160 Å². The summed E-state index contributed by atoms with van der Waals surface area (Å²) in [6.07, 6.45) is -22.3. The number of hydrogen-bond acceptors (Lipinski definition) is 23. The molecule has 23 heteroatoms. The van der Waals surface area contributed by atoms with Gasteiger partial charge in [-0.1, -0.05) is 91.0 Å². The van der Waals surface area contributed by atoms with Crippen LogP contribution in [0.4, 0.5) is 0 Å². The molecule has 3 aliphatic heterocycles. The lowest BCUT2D eigenvalue weighted by Crippen LogP contribution is -2.65. The summed E-state index contributed by atoms with van der Waals surface area (Å²) in [6.45, 7) is 5.79. The van der Waals surface area contributed by atoms with Gasteiger partial charge in [0.05, 0.1) is 33.0 Å². The van der Waals surface area contributed by atoms with Crippen molar-refractivity contribution in [1.29, 1.82) is 0 Å². The first-order valence-electron chi connectivity index (χ1n) is 24.4. The molecule has 3 aromatic carbocycles. The van der Waals surface area contributed by atoms with Gasteiger partial charge in [-0.05, 0) is 16.7 Å². The Labute approximate surface area is 438 Å². The van der Waals surface area contributed by atoms with Crippen LogP contribution < -0.4 is 0 Å². The molecule has 0 spiro atoms. The first kappa shape index (κ1) is 58.8. The minimum atomic E-state index is -1.75. The fraction of sp³-hybridized carbons (Fsp3) is 0.528. The third-order valence-corrected chi connectivity index (χ3v) is 11.8. The number of benzene rings is 3. The third-order valence-electron chi connectivity index (χ3n) is 11.8. The highest BCUT2D eigenvalue weighted by Crippen LogP contribution is 2.35. The Bertz CT molecular complexity index is 2370. The average molecular weight is 1070 g/mol. The molecular weight excluding hydrogens is 1000 g/mol. The van der Waals surface area contributed by atoms with Crippen molar-refractivity contribution in [3.05, 3.63) is 108 Å². The topological polar surface area (TPSA) is 278 Å². The summed E-state index contributed by atoms with van der Waals surface area (Å²) in [7, 11) is 0. The van der Waals surface area contributed by atoms with Crippen LogP contribution in [0.2, 0.25) is 0 Å². The number of hydrogen-bond donors (Lipinski definition) is 1. The van der Waals surface area contributed by atoms with E-state index < -0.39 is 154 Å². The van der Waals surface area contributed by atoms with E-state index in [1.54, 1.807) is 0 Å². The van der Waals surface area contributed by atoms with E-state index in [9.17, 15) is 38.7 Å². The predicted octanol–water partition coefficient (Wildman–Crippen LogP) is 3.10. The molecule has 0 aliphatic carbocycles. The second kappa shape index (κ2) is 28.6. The van der Waals surface area contributed by atoms with Crippen LogP contribution in [0.15, 0.2) is 91.0 Å². The number of carbonyl (C=O) groups excluding carboxylic acids is 7. The van der Waals surface area contributed by atoms with Crippen molar-refractivity contribution in [3.63, 3.8) is 0 Å². The van der Waals surface area contributed by atoms with E-state index in [0.717, 1.165) is 65.2 Å². The summed E-state index contributed by atoms with van der Waals surface area (Å²) < 4.78 is 89.8. The van der Waals surface area contributed by atoms with Gasteiger partial charge in [-0.15, -0.1) is 0 Å². The molecule has 0 radical (unpaired) electrons. The van der Waals surface area contributed by atoms with Gasteiger partial charge in [-0.3, -0.25) is 33.6 Å². The number of esters is 7.